The Bertz CT molecular complexity index is 787. The molecule has 5 unspecified atom stereocenters. The minimum absolute atomic E-state index is 0.374. The summed E-state index contributed by atoms with van der Waals surface area (Å²) >= 11 is 0. The SMILES string of the molecule is CCC(C)C(NC(=O)C(N)CC(=O)O)C(=O)NC(CC(N)=O)C(=O)NC(CC(N)=O)C(=O)O. The maximum atomic E-state index is 12.8. The Balaban J connectivity index is 5.61. The molecular weight excluding hydrogens is 444 g/mol. The lowest BCUT2D eigenvalue weighted by Crippen LogP contribution is -2.59. The van der Waals surface area contributed by atoms with Crippen molar-refractivity contribution >= 4 is 41.5 Å². The van der Waals surface area contributed by atoms with E-state index >= 15 is 0 Å². The van der Waals surface area contributed by atoms with E-state index < -0.39 is 90.8 Å². The summed E-state index contributed by atoms with van der Waals surface area (Å²) in [6.07, 6.45) is -1.78. The predicted octanol–water partition coefficient (Wildman–Crippen LogP) is -3.88. The van der Waals surface area contributed by atoms with Crippen LogP contribution in [-0.2, 0) is 33.6 Å². The Hall–Kier alpha value is -3.75. The number of nitrogens with two attached hydrogens (primary N) is 3. The van der Waals surface area contributed by atoms with Gasteiger partial charge in [0.05, 0.1) is 25.3 Å². The van der Waals surface area contributed by atoms with Crippen molar-refractivity contribution in [2.24, 2.45) is 23.1 Å². The van der Waals surface area contributed by atoms with E-state index in [4.69, 9.17) is 27.4 Å². The molecule has 0 aliphatic carbocycles. The molecule has 0 saturated carbocycles. The summed E-state index contributed by atoms with van der Waals surface area (Å²) in [5.41, 5.74) is 15.6. The van der Waals surface area contributed by atoms with E-state index in [9.17, 15) is 33.6 Å². The van der Waals surface area contributed by atoms with Crippen LogP contribution < -0.4 is 33.2 Å². The van der Waals surface area contributed by atoms with Crippen molar-refractivity contribution in [2.75, 3.05) is 0 Å². The van der Waals surface area contributed by atoms with Crippen molar-refractivity contribution in [3.8, 4) is 0 Å². The van der Waals surface area contributed by atoms with Gasteiger partial charge in [-0.25, -0.2) is 4.79 Å². The standard InChI is InChI=1S/C18H30N6O9/c1-3-7(2)14(24-15(29)8(19)4-13(27)28)17(31)22-9(5-11(20)25)16(30)23-10(18(32)33)6-12(21)26/h7-10,14H,3-6,19H2,1-2H3,(H2,20,25)(H2,21,26)(H,22,31)(H,23,30)(H,24,29)(H,27,28)(H,32,33). The molecule has 0 aromatic rings. The summed E-state index contributed by atoms with van der Waals surface area (Å²) in [7, 11) is 0. The summed E-state index contributed by atoms with van der Waals surface area (Å²) in [5.74, 6) is -8.44. The quantitative estimate of drug-likeness (QED) is 0.114. The zero-order valence-corrected chi connectivity index (χ0v) is 18.2. The third-order valence-electron chi connectivity index (χ3n) is 4.58. The van der Waals surface area contributed by atoms with Crippen molar-refractivity contribution in [1.82, 2.24) is 16.0 Å². The number of hydrogen-bond donors (Lipinski definition) is 8. The Morgan fingerprint density at radius 1 is 0.758 bits per heavy atom. The van der Waals surface area contributed by atoms with Gasteiger partial charge in [-0.05, 0) is 5.92 Å². The second-order valence-electron chi connectivity index (χ2n) is 7.38. The first-order valence-corrected chi connectivity index (χ1v) is 9.87. The third kappa shape index (κ3) is 10.9. The van der Waals surface area contributed by atoms with Crippen molar-refractivity contribution in [2.45, 2.75) is 63.7 Å². The minimum atomic E-state index is -1.72. The minimum Gasteiger partial charge on any atom is -0.481 e. The number of aliphatic carboxylic acids is 2. The van der Waals surface area contributed by atoms with Crippen LogP contribution in [0.5, 0.6) is 0 Å². The highest BCUT2D eigenvalue weighted by Crippen LogP contribution is 2.10. The lowest BCUT2D eigenvalue weighted by Gasteiger charge is -2.27. The largest absolute Gasteiger partial charge is 0.481 e. The molecule has 0 rings (SSSR count). The first kappa shape index (κ1) is 29.2. The molecule has 0 aromatic carbocycles. The zero-order valence-electron chi connectivity index (χ0n) is 18.2. The van der Waals surface area contributed by atoms with E-state index in [0.717, 1.165) is 0 Å². The predicted molar refractivity (Wildman–Crippen MR) is 111 cm³/mol. The number of hydrogen-bond acceptors (Lipinski definition) is 8. The molecule has 5 amide bonds. The highest BCUT2D eigenvalue weighted by molar-refractivity contribution is 5.97. The second-order valence-corrected chi connectivity index (χ2v) is 7.38. The Kier molecular flexibility index (Phi) is 12.1. The van der Waals surface area contributed by atoms with E-state index in [1.807, 2.05) is 5.32 Å². The van der Waals surface area contributed by atoms with Gasteiger partial charge in [-0.15, -0.1) is 0 Å². The average molecular weight is 474 g/mol. The molecule has 5 atom stereocenters. The van der Waals surface area contributed by atoms with Crippen LogP contribution in [0, 0.1) is 5.92 Å². The molecule has 0 aliphatic heterocycles. The van der Waals surface area contributed by atoms with Crippen LogP contribution in [0.2, 0.25) is 0 Å². The van der Waals surface area contributed by atoms with Crippen LogP contribution in [0.3, 0.4) is 0 Å². The number of carbonyl (C=O) groups excluding carboxylic acids is 5. The number of carboxylic acid groups (broad SMARTS) is 2. The van der Waals surface area contributed by atoms with Crippen LogP contribution in [-0.4, -0.2) is 75.9 Å². The highest BCUT2D eigenvalue weighted by Gasteiger charge is 2.33. The lowest BCUT2D eigenvalue weighted by molar-refractivity contribution is -0.144. The molecule has 0 radical (unpaired) electrons. The van der Waals surface area contributed by atoms with Gasteiger partial charge in [0, 0.05) is 0 Å². The van der Waals surface area contributed by atoms with E-state index in [-0.39, 0.29) is 0 Å². The molecule has 0 aliphatic rings. The van der Waals surface area contributed by atoms with Crippen molar-refractivity contribution in [3.05, 3.63) is 0 Å². The molecule has 186 valence electrons. The van der Waals surface area contributed by atoms with Gasteiger partial charge in [0.2, 0.25) is 29.5 Å². The van der Waals surface area contributed by atoms with Gasteiger partial charge >= 0.3 is 11.9 Å². The van der Waals surface area contributed by atoms with E-state index in [1.54, 1.807) is 13.8 Å². The maximum Gasteiger partial charge on any atom is 0.326 e. The van der Waals surface area contributed by atoms with Crippen LogP contribution in [0.4, 0.5) is 0 Å². The highest BCUT2D eigenvalue weighted by atomic mass is 16.4. The van der Waals surface area contributed by atoms with Crippen LogP contribution in [0.25, 0.3) is 0 Å². The zero-order chi connectivity index (χ0) is 25.9. The fourth-order valence-electron chi connectivity index (χ4n) is 2.59. The first-order valence-electron chi connectivity index (χ1n) is 9.87. The number of carbonyl (C=O) groups is 7. The molecule has 0 fully saturated rings. The molecule has 15 nitrogen and oxygen atoms in total. The number of primary amides is 2. The smallest absolute Gasteiger partial charge is 0.326 e. The van der Waals surface area contributed by atoms with Gasteiger partial charge in [0.15, 0.2) is 0 Å². The molecule has 0 spiro atoms. The number of amides is 5. The summed E-state index contributed by atoms with van der Waals surface area (Å²) in [6.45, 7) is 3.28. The van der Waals surface area contributed by atoms with E-state index in [0.29, 0.717) is 6.42 Å². The lowest BCUT2D eigenvalue weighted by atomic mass is 9.97. The van der Waals surface area contributed by atoms with Gasteiger partial charge in [0.1, 0.15) is 18.1 Å². The Morgan fingerprint density at radius 2 is 1.24 bits per heavy atom. The average Bonchev–Trinajstić information content (AvgIpc) is 2.68. The molecular formula is C18H30N6O9. The van der Waals surface area contributed by atoms with Crippen LogP contribution in [0.1, 0.15) is 39.5 Å². The normalized spacial score (nSPS) is 15.1. The molecule has 0 aromatic heterocycles. The molecule has 0 heterocycles. The molecule has 0 saturated heterocycles. The van der Waals surface area contributed by atoms with Gasteiger partial charge < -0.3 is 43.4 Å². The molecule has 15 heteroatoms. The van der Waals surface area contributed by atoms with Crippen molar-refractivity contribution in [1.29, 1.82) is 0 Å². The van der Waals surface area contributed by atoms with Gasteiger partial charge in [-0.1, -0.05) is 20.3 Å². The summed E-state index contributed by atoms with van der Waals surface area (Å²) < 4.78 is 0. The van der Waals surface area contributed by atoms with E-state index in [2.05, 4.69) is 10.6 Å². The second kappa shape index (κ2) is 13.6. The summed E-state index contributed by atoms with van der Waals surface area (Å²) in [5, 5.41) is 24.4. The fourth-order valence-corrected chi connectivity index (χ4v) is 2.59. The van der Waals surface area contributed by atoms with Crippen molar-refractivity contribution in [3.63, 3.8) is 0 Å². The number of rotatable bonds is 15. The van der Waals surface area contributed by atoms with Crippen LogP contribution >= 0.6 is 0 Å². The number of carboxylic acids is 2. The summed E-state index contributed by atoms with van der Waals surface area (Å²) in [6, 6.07) is -6.08. The van der Waals surface area contributed by atoms with E-state index in [1.165, 1.54) is 0 Å². The fraction of sp³-hybridized carbons (Fsp3) is 0.611. The Labute approximate surface area is 188 Å². The third-order valence-corrected chi connectivity index (χ3v) is 4.58. The Morgan fingerprint density at radius 3 is 1.67 bits per heavy atom. The maximum absolute atomic E-state index is 12.8. The van der Waals surface area contributed by atoms with Crippen molar-refractivity contribution < 1.29 is 43.8 Å². The first-order chi connectivity index (χ1) is 15.2. The molecule has 11 N–H and O–H groups in total. The monoisotopic (exact) mass is 474 g/mol. The summed E-state index contributed by atoms with van der Waals surface area (Å²) in [4.78, 5) is 81.9. The van der Waals surface area contributed by atoms with Gasteiger partial charge in [-0.3, -0.25) is 28.8 Å². The van der Waals surface area contributed by atoms with Gasteiger partial charge in [0.25, 0.3) is 0 Å². The molecule has 0 bridgehead atoms. The van der Waals surface area contributed by atoms with Crippen LogP contribution in [0.15, 0.2) is 0 Å². The molecule has 33 heavy (non-hydrogen) atoms. The van der Waals surface area contributed by atoms with Gasteiger partial charge in [-0.2, -0.15) is 0 Å². The number of nitrogens with one attached hydrogen (secondary N) is 3. The topological polar surface area (TPSA) is 274 Å².